The fourth-order valence-electron chi connectivity index (χ4n) is 4.34. The van der Waals surface area contributed by atoms with E-state index in [0.717, 1.165) is 5.56 Å². The van der Waals surface area contributed by atoms with E-state index in [2.05, 4.69) is 5.32 Å². The van der Waals surface area contributed by atoms with Crippen LogP contribution in [0.3, 0.4) is 0 Å². The number of ketones is 4. The average Bonchev–Trinajstić information content (AvgIpc) is 2.95. The lowest BCUT2D eigenvalue weighted by molar-refractivity contribution is -0.145. The van der Waals surface area contributed by atoms with Crippen LogP contribution in [0.5, 0.6) is 0 Å². The fraction of sp³-hybridized carbons (Fsp3) is 0.355. The predicted octanol–water partition coefficient (Wildman–Crippen LogP) is 3.93. The molecule has 2 aromatic carbocycles. The van der Waals surface area contributed by atoms with Crippen LogP contribution in [0.4, 0.5) is 0 Å². The van der Waals surface area contributed by atoms with Crippen LogP contribution >= 0.6 is 0 Å². The molecule has 0 aromatic heterocycles. The summed E-state index contributed by atoms with van der Waals surface area (Å²) in [5.74, 6) is -1.80. The highest BCUT2D eigenvalue weighted by atomic mass is 16.5. The van der Waals surface area contributed by atoms with E-state index in [4.69, 9.17) is 4.74 Å². The van der Waals surface area contributed by atoms with Crippen LogP contribution in [0.1, 0.15) is 76.8 Å². The van der Waals surface area contributed by atoms with Gasteiger partial charge in [-0.15, -0.1) is 0 Å². The van der Waals surface area contributed by atoms with Crippen molar-refractivity contribution in [3.63, 3.8) is 0 Å². The number of rotatable bonds is 7. The van der Waals surface area contributed by atoms with Crippen LogP contribution in [-0.2, 0) is 36.8 Å². The van der Waals surface area contributed by atoms with Gasteiger partial charge in [0, 0.05) is 62.5 Å². The summed E-state index contributed by atoms with van der Waals surface area (Å²) < 4.78 is 4.85. The Kier molecular flexibility index (Phi) is 11.0. The van der Waals surface area contributed by atoms with Gasteiger partial charge in [0.1, 0.15) is 17.6 Å². The molecule has 0 radical (unpaired) electrons. The molecule has 2 aromatic rings. The van der Waals surface area contributed by atoms with E-state index in [0.29, 0.717) is 5.56 Å². The Balaban J connectivity index is 1.72. The van der Waals surface area contributed by atoms with E-state index in [1.165, 1.54) is 7.11 Å². The van der Waals surface area contributed by atoms with Crippen molar-refractivity contribution < 1.29 is 33.5 Å². The molecule has 204 valence electrons. The Morgan fingerprint density at radius 2 is 1.41 bits per heavy atom. The van der Waals surface area contributed by atoms with Crippen LogP contribution in [0.15, 0.2) is 60.7 Å². The minimum absolute atomic E-state index is 0.00995. The number of benzene rings is 2. The van der Waals surface area contributed by atoms with Gasteiger partial charge in [0.15, 0.2) is 11.6 Å². The van der Waals surface area contributed by atoms with E-state index >= 15 is 0 Å². The second-order valence-electron chi connectivity index (χ2n) is 9.52. The molecule has 0 fully saturated rings. The monoisotopic (exact) mass is 531 g/mol. The number of aryl methyl sites for hydroxylation is 1. The highest BCUT2D eigenvalue weighted by Crippen LogP contribution is 2.20. The number of esters is 1. The molecule has 0 bridgehead atoms. The molecule has 0 spiro atoms. The van der Waals surface area contributed by atoms with Gasteiger partial charge in [0.05, 0.1) is 7.11 Å². The number of methoxy groups -OCH3 is 1. The molecule has 1 aliphatic carbocycles. The first-order valence-electron chi connectivity index (χ1n) is 13.1. The molecular formula is C31H33NO7. The van der Waals surface area contributed by atoms with Gasteiger partial charge in [0.2, 0.25) is 5.91 Å². The maximum Gasteiger partial charge on any atom is 0.328 e. The van der Waals surface area contributed by atoms with Crippen molar-refractivity contribution in [1.29, 1.82) is 0 Å². The molecule has 0 aliphatic heterocycles. The molecule has 0 saturated carbocycles. The molecule has 1 amide bonds. The number of carbonyl (C=O) groups is 6. The van der Waals surface area contributed by atoms with Gasteiger partial charge in [0.25, 0.3) is 0 Å². The third kappa shape index (κ3) is 9.25. The summed E-state index contributed by atoms with van der Waals surface area (Å²) in [6, 6.07) is 13.2. The zero-order valence-electron chi connectivity index (χ0n) is 22.1. The van der Waals surface area contributed by atoms with Crippen molar-refractivity contribution >= 4 is 35.0 Å². The lowest BCUT2D eigenvalue weighted by Gasteiger charge is -2.17. The maximum absolute atomic E-state index is 13.0. The van der Waals surface area contributed by atoms with Gasteiger partial charge in [-0.05, 0) is 23.6 Å². The molecule has 39 heavy (non-hydrogen) atoms. The first-order valence-corrected chi connectivity index (χ1v) is 13.1. The molecule has 3 rings (SSSR count). The molecule has 8 nitrogen and oxygen atoms in total. The number of allylic oxidation sites excluding steroid dienone is 2. The van der Waals surface area contributed by atoms with Crippen molar-refractivity contribution in [3.05, 3.63) is 82.9 Å². The second-order valence-corrected chi connectivity index (χ2v) is 9.52. The Labute approximate surface area is 227 Å². The number of hydrogen-bond donors (Lipinski definition) is 1. The lowest BCUT2D eigenvalue weighted by atomic mass is 9.91. The SMILES string of the molecule is COC(=O)C(Cc1ccccc1)NC(=O)CCc1ccc2c(c1)C(=O)CCC(=O)C/C=C\CC(=O)CCC2=O. The quantitative estimate of drug-likeness (QED) is 0.424. The van der Waals surface area contributed by atoms with Gasteiger partial charge in [-0.25, -0.2) is 4.79 Å². The lowest BCUT2D eigenvalue weighted by Crippen LogP contribution is -2.43. The first-order chi connectivity index (χ1) is 18.8. The molecule has 1 unspecified atom stereocenters. The van der Waals surface area contributed by atoms with Crippen molar-refractivity contribution in [2.75, 3.05) is 7.11 Å². The normalized spacial score (nSPS) is 16.5. The number of carbonyl (C=O) groups excluding carboxylic acids is 6. The predicted molar refractivity (Wildman–Crippen MR) is 144 cm³/mol. The standard InChI is InChI=1S/C31H33NO7/c1-39-31(38)27(20-21-7-3-2-4-8-21)32-30(37)18-12-22-11-15-25-26(19-22)29(36)17-14-24(34)10-6-5-9-23(33)13-16-28(25)35/h2-8,11,15,19,27H,9-10,12-14,16-18,20H2,1H3,(H,32,37)/b6-5-. The molecule has 8 heteroatoms. The molecule has 1 N–H and O–H groups in total. The molecule has 0 heterocycles. The van der Waals surface area contributed by atoms with E-state index in [-0.39, 0.29) is 98.0 Å². The van der Waals surface area contributed by atoms with E-state index in [9.17, 15) is 28.8 Å². The Morgan fingerprint density at radius 3 is 2.03 bits per heavy atom. The minimum Gasteiger partial charge on any atom is -0.467 e. The summed E-state index contributed by atoms with van der Waals surface area (Å²) >= 11 is 0. The minimum atomic E-state index is -0.844. The van der Waals surface area contributed by atoms with E-state index in [1.807, 2.05) is 30.3 Å². The largest absolute Gasteiger partial charge is 0.467 e. The van der Waals surface area contributed by atoms with E-state index in [1.54, 1.807) is 30.4 Å². The summed E-state index contributed by atoms with van der Waals surface area (Å²) in [6.45, 7) is 0. The summed E-state index contributed by atoms with van der Waals surface area (Å²) in [5, 5.41) is 2.72. The fourth-order valence-corrected chi connectivity index (χ4v) is 4.34. The number of nitrogens with one attached hydrogen (secondary N) is 1. The highest BCUT2D eigenvalue weighted by Gasteiger charge is 2.23. The molecule has 0 saturated heterocycles. The zero-order valence-corrected chi connectivity index (χ0v) is 22.1. The Bertz CT molecular complexity index is 1260. The maximum atomic E-state index is 13.0. The Morgan fingerprint density at radius 1 is 0.795 bits per heavy atom. The Hall–Kier alpha value is -4.20. The average molecular weight is 532 g/mol. The van der Waals surface area contributed by atoms with Crippen LogP contribution in [0.2, 0.25) is 0 Å². The molecule has 1 aliphatic rings. The third-order valence-electron chi connectivity index (χ3n) is 6.55. The summed E-state index contributed by atoms with van der Waals surface area (Å²) in [4.78, 5) is 75.1. The third-order valence-corrected chi connectivity index (χ3v) is 6.55. The van der Waals surface area contributed by atoms with Crippen LogP contribution < -0.4 is 5.32 Å². The van der Waals surface area contributed by atoms with Crippen molar-refractivity contribution in [2.24, 2.45) is 0 Å². The van der Waals surface area contributed by atoms with E-state index < -0.39 is 12.0 Å². The van der Waals surface area contributed by atoms with Gasteiger partial charge in [-0.3, -0.25) is 24.0 Å². The summed E-state index contributed by atoms with van der Waals surface area (Å²) in [7, 11) is 1.26. The van der Waals surface area contributed by atoms with Crippen LogP contribution in [-0.4, -0.2) is 48.2 Å². The van der Waals surface area contributed by atoms with Crippen LogP contribution in [0.25, 0.3) is 0 Å². The molecule has 1 atom stereocenters. The van der Waals surface area contributed by atoms with Gasteiger partial charge < -0.3 is 10.1 Å². The number of hydrogen-bond acceptors (Lipinski definition) is 7. The smallest absolute Gasteiger partial charge is 0.328 e. The first kappa shape index (κ1) is 29.4. The van der Waals surface area contributed by atoms with Gasteiger partial charge in [-0.2, -0.15) is 0 Å². The highest BCUT2D eigenvalue weighted by molar-refractivity contribution is 6.10. The number of ether oxygens (including phenoxy) is 1. The second kappa shape index (κ2) is 14.7. The number of amides is 1. The summed E-state index contributed by atoms with van der Waals surface area (Å²) in [6.07, 6.45) is 4.21. The number of Topliss-reactive ketones (excluding diaryl/α,β-unsaturated/α-hetero) is 4. The number of fused-ring (bicyclic) bond motifs is 1. The van der Waals surface area contributed by atoms with Gasteiger partial charge >= 0.3 is 5.97 Å². The molecular weight excluding hydrogens is 498 g/mol. The van der Waals surface area contributed by atoms with Crippen molar-refractivity contribution in [3.8, 4) is 0 Å². The van der Waals surface area contributed by atoms with Crippen LogP contribution in [0, 0.1) is 0 Å². The topological polar surface area (TPSA) is 124 Å². The van der Waals surface area contributed by atoms with Crippen molar-refractivity contribution in [1.82, 2.24) is 5.32 Å². The zero-order chi connectivity index (χ0) is 28.2. The summed E-state index contributed by atoms with van der Waals surface area (Å²) in [5.41, 5.74) is 1.95. The van der Waals surface area contributed by atoms with Crippen molar-refractivity contribution in [2.45, 2.75) is 63.8 Å². The van der Waals surface area contributed by atoms with Gasteiger partial charge in [-0.1, -0.05) is 54.6 Å².